The number of ether oxygens (including phenoxy) is 1. The number of halogens is 1. The molecule has 0 unspecified atom stereocenters. The summed E-state index contributed by atoms with van der Waals surface area (Å²) in [5, 5.41) is 0.577. The highest BCUT2D eigenvalue weighted by atomic mass is 35.5. The maximum atomic E-state index is 12.6. The Labute approximate surface area is 147 Å². The Morgan fingerprint density at radius 1 is 1.16 bits per heavy atom. The van der Waals surface area contributed by atoms with Crippen molar-refractivity contribution in [1.29, 1.82) is 0 Å². The highest BCUT2D eigenvalue weighted by molar-refractivity contribution is 6.31. The van der Waals surface area contributed by atoms with Crippen molar-refractivity contribution < 1.29 is 4.74 Å². The number of aromatic nitrogens is 4. The van der Waals surface area contributed by atoms with Gasteiger partial charge in [0.25, 0.3) is 5.56 Å². The van der Waals surface area contributed by atoms with Crippen LogP contribution in [0.2, 0.25) is 5.02 Å². The van der Waals surface area contributed by atoms with Crippen LogP contribution in [-0.4, -0.2) is 32.3 Å². The lowest BCUT2D eigenvalue weighted by atomic mass is 10.2. The predicted octanol–water partition coefficient (Wildman–Crippen LogP) is 1.25. The van der Waals surface area contributed by atoms with Crippen molar-refractivity contribution in [2.45, 2.75) is 6.54 Å². The molecule has 9 heteroatoms. The second-order valence-corrected chi connectivity index (χ2v) is 6.35. The number of fused-ring (bicyclic) bond motifs is 3. The van der Waals surface area contributed by atoms with E-state index in [0.717, 1.165) is 10.3 Å². The SMILES string of the molecule is COc1ccc(Cl)cc1N1CCn2c1nc1c2c(=O)n(C)c(=O)n1C. The van der Waals surface area contributed by atoms with Crippen LogP contribution in [0.25, 0.3) is 11.2 Å². The summed E-state index contributed by atoms with van der Waals surface area (Å²) in [5.74, 6) is 1.25. The van der Waals surface area contributed by atoms with Crippen LogP contribution in [0.4, 0.5) is 11.6 Å². The maximum Gasteiger partial charge on any atom is 0.332 e. The molecule has 0 saturated heterocycles. The molecule has 3 heterocycles. The Kier molecular flexibility index (Phi) is 3.40. The number of rotatable bonds is 2. The molecule has 0 aliphatic carbocycles. The molecule has 25 heavy (non-hydrogen) atoms. The average molecular weight is 362 g/mol. The van der Waals surface area contributed by atoms with Gasteiger partial charge in [-0.25, -0.2) is 4.79 Å². The zero-order valence-electron chi connectivity index (χ0n) is 14.0. The van der Waals surface area contributed by atoms with Gasteiger partial charge in [-0.3, -0.25) is 13.9 Å². The molecule has 0 spiro atoms. The second-order valence-electron chi connectivity index (χ2n) is 5.91. The molecule has 0 saturated carbocycles. The summed E-state index contributed by atoms with van der Waals surface area (Å²) in [7, 11) is 4.67. The molecular formula is C16H16ClN5O3. The largest absolute Gasteiger partial charge is 0.495 e. The molecule has 2 aromatic heterocycles. The smallest absolute Gasteiger partial charge is 0.332 e. The number of hydrogen-bond acceptors (Lipinski definition) is 5. The molecule has 1 aliphatic heterocycles. The van der Waals surface area contributed by atoms with Crippen molar-refractivity contribution in [3.05, 3.63) is 44.1 Å². The first-order chi connectivity index (χ1) is 11.9. The maximum absolute atomic E-state index is 12.6. The summed E-state index contributed by atoms with van der Waals surface area (Å²) in [6, 6.07) is 5.34. The Bertz CT molecular complexity index is 1130. The number of benzene rings is 1. The fourth-order valence-electron chi connectivity index (χ4n) is 3.26. The fraction of sp³-hybridized carbons (Fsp3) is 0.312. The molecule has 8 nitrogen and oxygen atoms in total. The molecule has 0 amide bonds. The first-order valence-corrected chi connectivity index (χ1v) is 8.09. The lowest BCUT2D eigenvalue weighted by molar-refractivity contribution is 0.415. The molecule has 0 bridgehead atoms. The van der Waals surface area contributed by atoms with Crippen LogP contribution in [0.1, 0.15) is 0 Å². The van der Waals surface area contributed by atoms with Crippen molar-refractivity contribution in [2.75, 3.05) is 18.6 Å². The van der Waals surface area contributed by atoms with E-state index in [1.54, 1.807) is 32.4 Å². The summed E-state index contributed by atoms with van der Waals surface area (Å²) in [4.78, 5) is 31.2. The van der Waals surface area contributed by atoms with Gasteiger partial charge in [0.05, 0.1) is 12.8 Å². The van der Waals surface area contributed by atoms with Gasteiger partial charge >= 0.3 is 5.69 Å². The monoisotopic (exact) mass is 361 g/mol. The van der Waals surface area contributed by atoms with E-state index in [-0.39, 0.29) is 5.56 Å². The molecule has 130 valence electrons. The van der Waals surface area contributed by atoms with E-state index in [9.17, 15) is 9.59 Å². The van der Waals surface area contributed by atoms with Crippen molar-refractivity contribution in [3.63, 3.8) is 0 Å². The lowest BCUT2D eigenvalue weighted by Crippen LogP contribution is -2.37. The summed E-state index contributed by atoms with van der Waals surface area (Å²) < 4.78 is 9.74. The zero-order valence-corrected chi connectivity index (χ0v) is 14.7. The Balaban J connectivity index is 2.00. The Morgan fingerprint density at radius 3 is 2.64 bits per heavy atom. The van der Waals surface area contributed by atoms with E-state index >= 15 is 0 Å². The summed E-state index contributed by atoms with van der Waals surface area (Å²) in [6.07, 6.45) is 0. The minimum atomic E-state index is -0.402. The van der Waals surface area contributed by atoms with Crippen molar-refractivity contribution >= 4 is 34.4 Å². The van der Waals surface area contributed by atoms with Crippen LogP contribution in [0.15, 0.2) is 27.8 Å². The van der Waals surface area contributed by atoms with Gasteiger partial charge in [0.2, 0.25) is 5.95 Å². The van der Waals surface area contributed by atoms with E-state index in [4.69, 9.17) is 16.3 Å². The Hall–Kier alpha value is -2.74. The van der Waals surface area contributed by atoms with E-state index in [1.165, 1.54) is 11.6 Å². The van der Waals surface area contributed by atoms with Crippen LogP contribution < -0.4 is 20.9 Å². The van der Waals surface area contributed by atoms with Crippen molar-refractivity contribution in [2.24, 2.45) is 14.1 Å². The molecule has 3 aromatic rings. The molecule has 4 rings (SSSR count). The third-order valence-electron chi connectivity index (χ3n) is 4.55. The van der Waals surface area contributed by atoms with E-state index in [2.05, 4.69) is 4.98 Å². The second kappa shape index (κ2) is 5.38. The van der Waals surface area contributed by atoms with Gasteiger partial charge < -0.3 is 14.2 Å². The molecule has 0 atom stereocenters. The topological polar surface area (TPSA) is 74.3 Å². The van der Waals surface area contributed by atoms with E-state index < -0.39 is 5.69 Å². The molecular weight excluding hydrogens is 346 g/mol. The van der Waals surface area contributed by atoms with Gasteiger partial charge in [-0.1, -0.05) is 11.6 Å². The van der Waals surface area contributed by atoms with Gasteiger partial charge in [-0.15, -0.1) is 0 Å². The quantitative estimate of drug-likeness (QED) is 0.686. The standard InChI is InChI=1S/C16H16ClN5O3/c1-19-13-12(14(23)20(2)16(19)24)22-7-6-21(15(22)18-13)10-8-9(17)4-5-11(10)25-3/h4-5,8H,6-7H2,1-3H3. The van der Waals surface area contributed by atoms with Crippen LogP contribution in [0.3, 0.4) is 0 Å². The lowest BCUT2D eigenvalue weighted by Gasteiger charge is -2.19. The van der Waals surface area contributed by atoms with Crippen LogP contribution in [-0.2, 0) is 20.6 Å². The van der Waals surface area contributed by atoms with Gasteiger partial charge in [-0.05, 0) is 18.2 Å². The number of imidazole rings is 1. The molecule has 1 aromatic carbocycles. The predicted molar refractivity (Wildman–Crippen MR) is 95.2 cm³/mol. The molecule has 1 aliphatic rings. The number of aryl methyl sites for hydroxylation is 1. The van der Waals surface area contributed by atoms with Gasteiger partial charge in [0.1, 0.15) is 5.75 Å². The highest BCUT2D eigenvalue weighted by Crippen LogP contribution is 2.38. The first-order valence-electron chi connectivity index (χ1n) is 7.71. The molecule has 0 fully saturated rings. The first kappa shape index (κ1) is 15.8. The van der Waals surface area contributed by atoms with E-state index in [0.29, 0.717) is 41.0 Å². The van der Waals surface area contributed by atoms with Crippen LogP contribution in [0.5, 0.6) is 5.75 Å². The third kappa shape index (κ3) is 2.10. The minimum absolute atomic E-state index is 0.350. The minimum Gasteiger partial charge on any atom is -0.495 e. The normalized spacial score (nSPS) is 13.5. The Morgan fingerprint density at radius 2 is 1.92 bits per heavy atom. The average Bonchev–Trinajstić information content (AvgIpc) is 3.17. The van der Waals surface area contributed by atoms with Crippen molar-refractivity contribution in [3.8, 4) is 5.75 Å². The van der Waals surface area contributed by atoms with Gasteiger partial charge in [-0.2, -0.15) is 4.98 Å². The van der Waals surface area contributed by atoms with E-state index in [1.807, 2.05) is 9.47 Å². The van der Waals surface area contributed by atoms with Gasteiger partial charge in [0.15, 0.2) is 11.2 Å². The third-order valence-corrected chi connectivity index (χ3v) is 4.78. The number of nitrogens with zero attached hydrogens (tertiary/aromatic N) is 5. The number of anilines is 2. The van der Waals surface area contributed by atoms with Crippen molar-refractivity contribution in [1.82, 2.24) is 18.7 Å². The zero-order chi connectivity index (χ0) is 17.9. The summed E-state index contributed by atoms with van der Waals surface area (Å²) in [6.45, 7) is 1.20. The highest BCUT2D eigenvalue weighted by Gasteiger charge is 2.29. The van der Waals surface area contributed by atoms with Gasteiger partial charge in [0, 0.05) is 32.2 Å². The molecule has 0 N–H and O–H groups in total. The van der Waals surface area contributed by atoms with Crippen LogP contribution in [0, 0.1) is 0 Å². The summed E-state index contributed by atoms with van der Waals surface area (Å²) >= 11 is 6.14. The number of methoxy groups -OCH3 is 1. The summed E-state index contributed by atoms with van der Waals surface area (Å²) in [5.41, 5.74) is 0.806. The number of hydrogen-bond donors (Lipinski definition) is 0. The van der Waals surface area contributed by atoms with Crippen LogP contribution >= 0.6 is 11.6 Å². The molecule has 0 radical (unpaired) electrons. The fourth-order valence-corrected chi connectivity index (χ4v) is 3.42.